The van der Waals surface area contributed by atoms with Crippen LogP contribution in [0.5, 0.6) is 0 Å². The molecule has 1 saturated heterocycles. The van der Waals surface area contributed by atoms with Crippen LogP contribution in [0.4, 0.5) is 5.69 Å². The molecule has 120 valence electrons. The van der Waals surface area contributed by atoms with Crippen molar-refractivity contribution in [1.29, 1.82) is 0 Å². The Hall–Kier alpha value is -1.79. The standard InChI is InChI=1S/C15H21ClN4O2/c1-11-2-3-12(16)8-13(11)19-4-6-20(7-5-19)15(22)10-18-14(21)9-17/h2-3,8H,4-7,9-10,17H2,1H3,(H,18,21). The van der Waals surface area contributed by atoms with E-state index in [0.717, 1.165) is 18.8 Å². The Labute approximate surface area is 135 Å². The van der Waals surface area contributed by atoms with E-state index in [1.54, 1.807) is 4.90 Å². The van der Waals surface area contributed by atoms with Crippen molar-refractivity contribution in [3.8, 4) is 0 Å². The van der Waals surface area contributed by atoms with Crippen LogP contribution in [0.3, 0.4) is 0 Å². The fraction of sp³-hybridized carbons (Fsp3) is 0.467. The Kier molecular flexibility index (Phi) is 5.63. The Morgan fingerprint density at radius 2 is 1.95 bits per heavy atom. The molecule has 2 rings (SSSR count). The summed E-state index contributed by atoms with van der Waals surface area (Å²) in [6.07, 6.45) is 0. The molecule has 6 nitrogen and oxygen atoms in total. The Morgan fingerprint density at radius 1 is 1.27 bits per heavy atom. The summed E-state index contributed by atoms with van der Waals surface area (Å²) in [5, 5.41) is 3.21. The average molecular weight is 325 g/mol. The van der Waals surface area contributed by atoms with Gasteiger partial charge in [-0.1, -0.05) is 17.7 Å². The van der Waals surface area contributed by atoms with Crippen molar-refractivity contribution in [2.24, 2.45) is 5.73 Å². The summed E-state index contributed by atoms with van der Waals surface area (Å²) in [4.78, 5) is 27.1. The fourth-order valence-electron chi connectivity index (χ4n) is 2.48. The van der Waals surface area contributed by atoms with Crippen LogP contribution in [0.25, 0.3) is 0 Å². The highest BCUT2D eigenvalue weighted by Gasteiger charge is 2.22. The van der Waals surface area contributed by atoms with Crippen molar-refractivity contribution in [3.05, 3.63) is 28.8 Å². The number of nitrogens with two attached hydrogens (primary N) is 1. The molecule has 0 saturated carbocycles. The number of aryl methyl sites for hydroxylation is 1. The van der Waals surface area contributed by atoms with Gasteiger partial charge in [0.15, 0.2) is 0 Å². The van der Waals surface area contributed by atoms with Gasteiger partial charge in [0.25, 0.3) is 0 Å². The van der Waals surface area contributed by atoms with Crippen LogP contribution in [0.2, 0.25) is 5.02 Å². The summed E-state index contributed by atoms with van der Waals surface area (Å²) < 4.78 is 0. The molecule has 0 aromatic heterocycles. The third-order valence-electron chi connectivity index (χ3n) is 3.77. The van der Waals surface area contributed by atoms with Crippen molar-refractivity contribution in [2.45, 2.75) is 6.92 Å². The lowest BCUT2D eigenvalue weighted by molar-refractivity contribution is -0.132. The summed E-state index contributed by atoms with van der Waals surface area (Å²) in [6.45, 7) is 4.70. The van der Waals surface area contributed by atoms with Crippen LogP contribution in [-0.4, -0.2) is 56.0 Å². The fourth-order valence-corrected chi connectivity index (χ4v) is 2.64. The van der Waals surface area contributed by atoms with Gasteiger partial charge in [0.05, 0.1) is 13.1 Å². The number of piperazine rings is 1. The number of anilines is 1. The van der Waals surface area contributed by atoms with E-state index in [0.29, 0.717) is 18.1 Å². The molecule has 1 aromatic carbocycles. The van der Waals surface area contributed by atoms with Gasteiger partial charge in [-0.25, -0.2) is 0 Å². The first-order valence-corrected chi connectivity index (χ1v) is 7.64. The van der Waals surface area contributed by atoms with Crippen molar-refractivity contribution in [3.63, 3.8) is 0 Å². The summed E-state index contributed by atoms with van der Waals surface area (Å²) >= 11 is 6.06. The third kappa shape index (κ3) is 4.11. The van der Waals surface area contributed by atoms with Crippen LogP contribution in [0.1, 0.15) is 5.56 Å². The van der Waals surface area contributed by atoms with Gasteiger partial charge in [0, 0.05) is 36.9 Å². The molecule has 0 spiro atoms. The predicted molar refractivity (Wildman–Crippen MR) is 87.0 cm³/mol. The second kappa shape index (κ2) is 7.47. The van der Waals surface area contributed by atoms with Gasteiger partial charge in [-0.2, -0.15) is 0 Å². The van der Waals surface area contributed by atoms with Crippen molar-refractivity contribution >= 4 is 29.1 Å². The molecule has 1 aromatic rings. The largest absolute Gasteiger partial charge is 0.368 e. The minimum Gasteiger partial charge on any atom is -0.368 e. The molecule has 1 fully saturated rings. The number of benzene rings is 1. The number of halogens is 1. The molecular formula is C15H21ClN4O2. The second-order valence-electron chi connectivity index (χ2n) is 5.28. The van der Waals surface area contributed by atoms with E-state index < -0.39 is 0 Å². The highest BCUT2D eigenvalue weighted by atomic mass is 35.5. The zero-order valence-electron chi connectivity index (χ0n) is 12.6. The lowest BCUT2D eigenvalue weighted by Gasteiger charge is -2.37. The normalized spacial score (nSPS) is 14.9. The number of amides is 2. The predicted octanol–water partition coefficient (Wildman–Crippen LogP) is 0.372. The summed E-state index contributed by atoms with van der Waals surface area (Å²) in [7, 11) is 0. The maximum Gasteiger partial charge on any atom is 0.242 e. The first-order valence-electron chi connectivity index (χ1n) is 7.27. The van der Waals surface area contributed by atoms with E-state index in [4.69, 9.17) is 17.3 Å². The summed E-state index contributed by atoms with van der Waals surface area (Å²) in [5.41, 5.74) is 7.46. The van der Waals surface area contributed by atoms with Crippen molar-refractivity contribution in [1.82, 2.24) is 10.2 Å². The van der Waals surface area contributed by atoms with E-state index in [9.17, 15) is 9.59 Å². The number of rotatable bonds is 4. The van der Waals surface area contributed by atoms with E-state index in [1.807, 2.05) is 25.1 Å². The van der Waals surface area contributed by atoms with Crippen molar-refractivity contribution in [2.75, 3.05) is 44.2 Å². The molecule has 1 aliphatic heterocycles. The monoisotopic (exact) mass is 324 g/mol. The zero-order chi connectivity index (χ0) is 16.1. The van der Waals surface area contributed by atoms with Gasteiger partial charge >= 0.3 is 0 Å². The maximum atomic E-state index is 12.0. The van der Waals surface area contributed by atoms with E-state index in [1.165, 1.54) is 5.56 Å². The van der Waals surface area contributed by atoms with Crippen LogP contribution >= 0.6 is 11.6 Å². The first kappa shape index (κ1) is 16.6. The number of hydrogen-bond donors (Lipinski definition) is 2. The molecule has 0 unspecified atom stereocenters. The highest BCUT2D eigenvalue weighted by molar-refractivity contribution is 6.30. The van der Waals surface area contributed by atoms with Gasteiger partial charge in [0.1, 0.15) is 0 Å². The number of nitrogens with zero attached hydrogens (tertiary/aromatic N) is 2. The molecule has 0 atom stereocenters. The van der Waals surface area contributed by atoms with Crippen LogP contribution in [0.15, 0.2) is 18.2 Å². The molecular weight excluding hydrogens is 304 g/mol. The zero-order valence-corrected chi connectivity index (χ0v) is 13.4. The molecule has 1 heterocycles. The molecule has 0 bridgehead atoms. The molecule has 2 amide bonds. The quantitative estimate of drug-likeness (QED) is 0.839. The molecule has 3 N–H and O–H groups in total. The van der Waals surface area contributed by atoms with Gasteiger partial charge in [-0.05, 0) is 24.6 Å². The molecule has 0 aliphatic carbocycles. The number of hydrogen-bond acceptors (Lipinski definition) is 4. The van der Waals surface area contributed by atoms with E-state index in [2.05, 4.69) is 10.2 Å². The van der Waals surface area contributed by atoms with E-state index in [-0.39, 0.29) is 24.9 Å². The molecule has 0 radical (unpaired) electrons. The summed E-state index contributed by atoms with van der Waals surface area (Å²) in [5.74, 6) is -0.397. The second-order valence-corrected chi connectivity index (χ2v) is 5.72. The van der Waals surface area contributed by atoms with Gasteiger partial charge in [0.2, 0.25) is 11.8 Å². The van der Waals surface area contributed by atoms with Gasteiger partial charge in [-0.3, -0.25) is 9.59 Å². The number of carbonyl (C=O) groups excluding carboxylic acids is 2. The minimum absolute atomic E-state index is 0.00618. The average Bonchev–Trinajstić information content (AvgIpc) is 2.54. The van der Waals surface area contributed by atoms with Crippen LogP contribution < -0.4 is 16.0 Å². The maximum absolute atomic E-state index is 12.0. The Morgan fingerprint density at radius 3 is 2.59 bits per heavy atom. The Balaban J connectivity index is 1.89. The Bertz CT molecular complexity index is 556. The molecule has 22 heavy (non-hydrogen) atoms. The lowest BCUT2D eigenvalue weighted by Crippen LogP contribution is -2.51. The first-order chi connectivity index (χ1) is 10.5. The van der Waals surface area contributed by atoms with Crippen LogP contribution in [0, 0.1) is 6.92 Å². The minimum atomic E-state index is -0.318. The SMILES string of the molecule is Cc1ccc(Cl)cc1N1CCN(C(=O)CNC(=O)CN)CC1. The molecule has 1 aliphatic rings. The smallest absolute Gasteiger partial charge is 0.242 e. The summed E-state index contributed by atoms with van der Waals surface area (Å²) in [6, 6.07) is 5.83. The third-order valence-corrected chi connectivity index (χ3v) is 4.00. The van der Waals surface area contributed by atoms with Gasteiger partial charge in [-0.15, -0.1) is 0 Å². The highest BCUT2D eigenvalue weighted by Crippen LogP contribution is 2.25. The van der Waals surface area contributed by atoms with Crippen molar-refractivity contribution < 1.29 is 9.59 Å². The van der Waals surface area contributed by atoms with E-state index >= 15 is 0 Å². The topological polar surface area (TPSA) is 78.7 Å². The molecule has 7 heteroatoms. The van der Waals surface area contributed by atoms with Gasteiger partial charge < -0.3 is 20.9 Å². The van der Waals surface area contributed by atoms with Crippen LogP contribution in [-0.2, 0) is 9.59 Å². The lowest BCUT2D eigenvalue weighted by atomic mass is 10.1. The number of nitrogens with one attached hydrogen (secondary N) is 1. The number of carbonyl (C=O) groups is 2.